The van der Waals surface area contributed by atoms with E-state index in [1.807, 2.05) is 0 Å². The number of aliphatic hydroxyl groups excluding tert-OH is 1. The number of nitrogens with one attached hydrogen (secondary N) is 1. The molecule has 2 aliphatic carbocycles. The summed E-state index contributed by atoms with van der Waals surface area (Å²) in [5.41, 5.74) is 0. The van der Waals surface area contributed by atoms with Crippen LogP contribution in [-0.4, -0.2) is 29.5 Å². The summed E-state index contributed by atoms with van der Waals surface area (Å²) in [6.45, 7) is 0. The summed E-state index contributed by atoms with van der Waals surface area (Å²) < 4.78 is 37.6. The summed E-state index contributed by atoms with van der Waals surface area (Å²) >= 11 is 0. The van der Waals surface area contributed by atoms with Gasteiger partial charge in [0.25, 0.3) is 0 Å². The number of hydrogen-bond acceptors (Lipinski definition) is 2. The molecule has 2 fully saturated rings. The molecule has 106 valence electrons. The largest absolute Gasteiger partial charge is 0.393 e. The lowest BCUT2D eigenvalue weighted by Crippen LogP contribution is -2.44. The highest BCUT2D eigenvalue weighted by atomic mass is 19.4. The van der Waals surface area contributed by atoms with Gasteiger partial charge in [0.15, 0.2) is 0 Å². The summed E-state index contributed by atoms with van der Waals surface area (Å²) in [6.07, 6.45) is 1.11. The summed E-state index contributed by atoms with van der Waals surface area (Å²) in [5, 5.41) is 12.9. The molecule has 2 saturated carbocycles. The molecule has 0 saturated heterocycles. The second-order valence-corrected chi connectivity index (χ2v) is 5.76. The van der Waals surface area contributed by atoms with E-state index >= 15 is 0 Å². The Labute approximate surface area is 106 Å². The number of alkyl halides is 3. The highest BCUT2D eigenvalue weighted by Gasteiger charge is 2.41. The lowest BCUT2D eigenvalue weighted by Gasteiger charge is -2.35. The molecule has 0 aromatic heterocycles. The van der Waals surface area contributed by atoms with E-state index in [0.717, 1.165) is 25.7 Å². The van der Waals surface area contributed by atoms with Crippen LogP contribution in [-0.2, 0) is 0 Å². The lowest BCUT2D eigenvalue weighted by atomic mass is 9.84. The summed E-state index contributed by atoms with van der Waals surface area (Å²) in [4.78, 5) is 0. The van der Waals surface area contributed by atoms with Crippen LogP contribution >= 0.6 is 0 Å². The van der Waals surface area contributed by atoms with Crippen LogP contribution in [0.25, 0.3) is 0 Å². The Hall–Kier alpha value is -0.290. The highest BCUT2D eigenvalue weighted by molar-refractivity contribution is 4.85. The standard InChI is InChI=1S/C13H22F3NO/c14-13(15,16)9-1-3-10(4-2-9)17-11-5-7-12(18)8-6-11/h9-12,17-18H,1-8H2. The SMILES string of the molecule is OC1CCC(NC2CCC(C(F)(F)F)CC2)CC1. The van der Waals surface area contributed by atoms with Gasteiger partial charge in [-0.25, -0.2) is 0 Å². The van der Waals surface area contributed by atoms with Crippen molar-refractivity contribution in [2.24, 2.45) is 5.92 Å². The maximum atomic E-state index is 12.5. The van der Waals surface area contributed by atoms with Crippen LogP contribution in [0.2, 0.25) is 0 Å². The molecule has 0 heterocycles. The molecule has 0 bridgehead atoms. The van der Waals surface area contributed by atoms with Gasteiger partial charge in [-0.15, -0.1) is 0 Å². The van der Waals surface area contributed by atoms with Crippen LogP contribution in [0, 0.1) is 5.92 Å². The van der Waals surface area contributed by atoms with Crippen molar-refractivity contribution in [1.82, 2.24) is 5.32 Å². The molecule has 0 radical (unpaired) electrons. The van der Waals surface area contributed by atoms with Gasteiger partial charge in [0.05, 0.1) is 12.0 Å². The predicted molar refractivity (Wildman–Crippen MR) is 63.2 cm³/mol. The Balaban J connectivity index is 1.70. The van der Waals surface area contributed by atoms with Crippen molar-refractivity contribution in [3.05, 3.63) is 0 Å². The van der Waals surface area contributed by atoms with Crippen molar-refractivity contribution >= 4 is 0 Å². The second-order valence-electron chi connectivity index (χ2n) is 5.76. The minimum atomic E-state index is -4.01. The maximum absolute atomic E-state index is 12.5. The van der Waals surface area contributed by atoms with E-state index in [4.69, 9.17) is 0 Å². The lowest BCUT2D eigenvalue weighted by molar-refractivity contribution is -0.182. The van der Waals surface area contributed by atoms with Crippen molar-refractivity contribution in [1.29, 1.82) is 0 Å². The molecule has 0 spiro atoms. The van der Waals surface area contributed by atoms with E-state index < -0.39 is 12.1 Å². The molecule has 5 heteroatoms. The molecule has 2 aliphatic rings. The van der Waals surface area contributed by atoms with E-state index in [0.29, 0.717) is 18.9 Å². The zero-order chi connectivity index (χ0) is 13.2. The van der Waals surface area contributed by atoms with Gasteiger partial charge in [0, 0.05) is 12.1 Å². The smallest absolute Gasteiger partial charge is 0.391 e. The quantitative estimate of drug-likeness (QED) is 0.804. The highest BCUT2D eigenvalue weighted by Crippen LogP contribution is 2.37. The number of hydrogen-bond donors (Lipinski definition) is 2. The maximum Gasteiger partial charge on any atom is 0.391 e. The topological polar surface area (TPSA) is 32.3 Å². The number of aliphatic hydroxyl groups is 1. The van der Waals surface area contributed by atoms with E-state index in [9.17, 15) is 18.3 Å². The molecular weight excluding hydrogens is 243 g/mol. The zero-order valence-electron chi connectivity index (χ0n) is 10.5. The Morgan fingerprint density at radius 3 is 1.67 bits per heavy atom. The van der Waals surface area contributed by atoms with Gasteiger partial charge >= 0.3 is 6.18 Å². The van der Waals surface area contributed by atoms with E-state index in [-0.39, 0.29) is 25.0 Å². The Morgan fingerprint density at radius 1 is 0.778 bits per heavy atom. The van der Waals surface area contributed by atoms with E-state index in [2.05, 4.69) is 5.32 Å². The summed E-state index contributed by atoms with van der Waals surface area (Å²) in [7, 11) is 0. The van der Waals surface area contributed by atoms with Gasteiger partial charge in [-0.1, -0.05) is 0 Å². The molecule has 2 nitrogen and oxygen atoms in total. The molecule has 18 heavy (non-hydrogen) atoms. The first-order chi connectivity index (χ1) is 8.45. The van der Waals surface area contributed by atoms with Gasteiger partial charge in [0.1, 0.15) is 0 Å². The first-order valence-electron chi connectivity index (χ1n) is 6.96. The average Bonchev–Trinajstić information content (AvgIpc) is 2.32. The fraction of sp³-hybridized carbons (Fsp3) is 1.00. The Kier molecular flexibility index (Phi) is 4.54. The molecule has 0 unspecified atom stereocenters. The van der Waals surface area contributed by atoms with Crippen LogP contribution in [0.15, 0.2) is 0 Å². The number of halogens is 3. The van der Waals surface area contributed by atoms with Gasteiger partial charge in [-0.05, 0) is 51.4 Å². The molecule has 0 amide bonds. The van der Waals surface area contributed by atoms with Crippen LogP contribution in [0.4, 0.5) is 13.2 Å². The molecule has 2 N–H and O–H groups in total. The first kappa shape index (κ1) is 14.1. The molecule has 0 aromatic rings. The van der Waals surface area contributed by atoms with Crippen molar-refractivity contribution in [3.63, 3.8) is 0 Å². The monoisotopic (exact) mass is 265 g/mol. The molecular formula is C13H22F3NO. The Morgan fingerprint density at radius 2 is 1.22 bits per heavy atom. The number of rotatable bonds is 2. The van der Waals surface area contributed by atoms with E-state index in [1.54, 1.807) is 0 Å². The van der Waals surface area contributed by atoms with Crippen LogP contribution < -0.4 is 5.32 Å². The van der Waals surface area contributed by atoms with Crippen LogP contribution in [0.1, 0.15) is 51.4 Å². The second kappa shape index (κ2) is 5.78. The van der Waals surface area contributed by atoms with Crippen LogP contribution in [0.3, 0.4) is 0 Å². The average molecular weight is 265 g/mol. The van der Waals surface area contributed by atoms with Crippen molar-refractivity contribution in [2.45, 2.75) is 75.7 Å². The normalized spacial score (nSPS) is 38.7. The molecule has 2 rings (SSSR count). The van der Waals surface area contributed by atoms with Crippen molar-refractivity contribution in [2.75, 3.05) is 0 Å². The van der Waals surface area contributed by atoms with Crippen molar-refractivity contribution in [3.8, 4) is 0 Å². The third-order valence-corrected chi connectivity index (χ3v) is 4.36. The third kappa shape index (κ3) is 3.85. The molecule has 0 aromatic carbocycles. The first-order valence-corrected chi connectivity index (χ1v) is 6.96. The molecule has 0 atom stereocenters. The minimum Gasteiger partial charge on any atom is -0.393 e. The fourth-order valence-corrected chi connectivity index (χ4v) is 3.16. The van der Waals surface area contributed by atoms with Gasteiger partial charge < -0.3 is 10.4 Å². The Bertz CT molecular complexity index is 253. The van der Waals surface area contributed by atoms with E-state index in [1.165, 1.54) is 0 Å². The predicted octanol–water partition coefficient (Wildman–Crippen LogP) is 3.00. The minimum absolute atomic E-state index is 0.177. The zero-order valence-corrected chi connectivity index (χ0v) is 10.5. The third-order valence-electron chi connectivity index (χ3n) is 4.36. The van der Waals surface area contributed by atoms with Gasteiger partial charge in [-0.2, -0.15) is 13.2 Å². The van der Waals surface area contributed by atoms with Gasteiger partial charge in [-0.3, -0.25) is 0 Å². The summed E-state index contributed by atoms with van der Waals surface area (Å²) in [6, 6.07) is 0.629. The van der Waals surface area contributed by atoms with Crippen LogP contribution in [0.5, 0.6) is 0 Å². The van der Waals surface area contributed by atoms with Crippen molar-refractivity contribution < 1.29 is 18.3 Å². The fourth-order valence-electron chi connectivity index (χ4n) is 3.16. The van der Waals surface area contributed by atoms with Gasteiger partial charge in [0.2, 0.25) is 0 Å². The summed E-state index contributed by atoms with van der Waals surface area (Å²) in [5.74, 6) is -1.09. The molecule has 0 aliphatic heterocycles.